The van der Waals surface area contributed by atoms with Crippen molar-refractivity contribution < 1.29 is 0 Å². The van der Waals surface area contributed by atoms with Crippen LogP contribution in [0.1, 0.15) is 5.69 Å². The van der Waals surface area contributed by atoms with E-state index in [0.29, 0.717) is 0 Å². The third-order valence-corrected chi connectivity index (χ3v) is 2.44. The molecule has 0 amide bonds. The predicted molar refractivity (Wildman–Crippen MR) is 50.3 cm³/mol. The molecule has 1 nitrogen and oxygen atoms in total. The van der Waals surface area contributed by atoms with E-state index in [1.54, 1.807) is 0 Å². The van der Waals surface area contributed by atoms with Gasteiger partial charge in [-0.25, -0.2) is 0 Å². The maximum atomic E-state index is 4.38. The van der Waals surface area contributed by atoms with Gasteiger partial charge in [-0.15, -0.1) is 12.6 Å². The van der Waals surface area contributed by atoms with Crippen molar-refractivity contribution in [2.45, 2.75) is 11.8 Å². The third kappa shape index (κ3) is 0.942. The normalized spacial score (nSPS) is 10.7. The molecule has 0 aliphatic carbocycles. The zero-order valence-electron chi connectivity index (χ0n) is 6.26. The Hall–Kier alpha value is -0.890. The molecule has 0 aliphatic rings. The van der Waals surface area contributed by atoms with E-state index in [4.69, 9.17) is 0 Å². The van der Waals surface area contributed by atoms with Gasteiger partial charge < -0.3 is 4.98 Å². The summed E-state index contributed by atoms with van der Waals surface area (Å²) in [5.41, 5.74) is 2.30. The van der Waals surface area contributed by atoms with E-state index in [0.717, 1.165) is 16.1 Å². The van der Waals surface area contributed by atoms with Crippen LogP contribution in [-0.4, -0.2) is 4.98 Å². The summed E-state index contributed by atoms with van der Waals surface area (Å²) < 4.78 is 0. The molecule has 0 spiro atoms. The van der Waals surface area contributed by atoms with Gasteiger partial charge in [-0.3, -0.25) is 0 Å². The Balaban J connectivity index is 2.92. The van der Waals surface area contributed by atoms with Gasteiger partial charge in [-0.2, -0.15) is 0 Å². The van der Waals surface area contributed by atoms with E-state index in [-0.39, 0.29) is 0 Å². The molecular weight excluding hydrogens is 154 g/mol. The number of hydrogen-bond acceptors (Lipinski definition) is 1. The Morgan fingerprint density at radius 2 is 2.00 bits per heavy atom. The van der Waals surface area contributed by atoms with Gasteiger partial charge in [0.25, 0.3) is 0 Å². The Labute approximate surface area is 70.8 Å². The summed E-state index contributed by atoms with van der Waals surface area (Å²) in [7, 11) is 0. The quantitative estimate of drug-likeness (QED) is 0.555. The van der Waals surface area contributed by atoms with E-state index < -0.39 is 0 Å². The number of nitrogens with one attached hydrogen (secondary N) is 1. The molecule has 0 unspecified atom stereocenters. The highest BCUT2D eigenvalue weighted by Gasteiger charge is 2.01. The summed E-state index contributed by atoms with van der Waals surface area (Å²) >= 11 is 4.38. The van der Waals surface area contributed by atoms with Gasteiger partial charge >= 0.3 is 0 Å². The first kappa shape index (κ1) is 6.80. The molecule has 0 atom stereocenters. The largest absolute Gasteiger partial charge is 0.358 e. The van der Waals surface area contributed by atoms with Crippen molar-refractivity contribution in [3.05, 3.63) is 30.0 Å². The Bertz CT molecular complexity index is 389. The lowest BCUT2D eigenvalue weighted by Crippen LogP contribution is -1.66. The van der Waals surface area contributed by atoms with E-state index in [2.05, 4.69) is 29.7 Å². The van der Waals surface area contributed by atoms with Gasteiger partial charge in [0.2, 0.25) is 0 Å². The lowest BCUT2D eigenvalue weighted by molar-refractivity contribution is 1.23. The molecule has 0 bridgehead atoms. The Kier molecular flexibility index (Phi) is 1.43. The van der Waals surface area contributed by atoms with Crippen LogP contribution in [0.15, 0.2) is 29.2 Å². The molecule has 1 aromatic heterocycles. The molecule has 2 rings (SSSR count). The van der Waals surface area contributed by atoms with Crippen LogP contribution in [0, 0.1) is 6.92 Å². The first-order valence-electron chi connectivity index (χ1n) is 3.55. The number of para-hydroxylation sites is 1. The van der Waals surface area contributed by atoms with Gasteiger partial charge in [0.1, 0.15) is 0 Å². The number of thiol groups is 1. The third-order valence-electron chi connectivity index (χ3n) is 1.86. The van der Waals surface area contributed by atoms with Crippen molar-refractivity contribution in [3.63, 3.8) is 0 Å². The first-order valence-corrected chi connectivity index (χ1v) is 4.00. The summed E-state index contributed by atoms with van der Waals surface area (Å²) in [5.74, 6) is 0. The van der Waals surface area contributed by atoms with Gasteiger partial charge in [0.15, 0.2) is 0 Å². The van der Waals surface area contributed by atoms with E-state index >= 15 is 0 Å². The van der Waals surface area contributed by atoms with Gasteiger partial charge in [-0.05, 0) is 13.0 Å². The van der Waals surface area contributed by atoms with Gasteiger partial charge in [0, 0.05) is 21.5 Å². The van der Waals surface area contributed by atoms with Crippen molar-refractivity contribution >= 4 is 23.5 Å². The van der Waals surface area contributed by atoms with Crippen LogP contribution < -0.4 is 0 Å². The SMILES string of the molecule is Cc1[nH]c2ccccc2c1S. The number of aryl methyl sites for hydroxylation is 1. The first-order chi connectivity index (χ1) is 5.29. The second-order valence-corrected chi connectivity index (χ2v) is 3.09. The molecule has 0 saturated heterocycles. The fraction of sp³-hybridized carbons (Fsp3) is 0.111. The molecule has 2 aromatic rings. The van der Waals surface area contributed by atoms with E-state index in [1.165, 1.54) is 5.39 Å². The number of benzene rings is 1. The van der Waals surface area contributed by atoms with Crippen LogP contribution >= 0.6 is 12.6 Å². The fourth-order valence-electron chi connectivity index (χ4n) is 1.26. The monoisotopic (exact) mass is 163 g/mol. The average molecular weight is 163 g/mol. The van der Waals surface area contributed by atoms with Crippen molar-refractivity contribution in [1.29, 1.82) is 0 Å². The summed E-state index contributed by atoms with van der Waals surface area (Å²) in [4.78, 5) is 4.31. The minimum Gasteiger partial charge on any atom is -0.358 e. The average Bonchev–Trinajstić information content (AvgIpc) is 2.30. The van der Waals surface area contributed by atoms with Crippen LogP contribution in [0.4, 0.5) is 0 Å². The summed E-state index contributed by atoms with van der Waals surface area (Å²) in [6.07, 6.45) is 0. The highest BCUT2D eigenvalue weighted by molar-refractivity contribution is 7.80. The molecule has 1 N–H and O–H groups in total. The molecule has 0 saturated carbocycles. The van der Waals surface area contributed by atoms with Gasteiger partial charge in [-0.1, -0.05) is 18.2 Å². The second kappa shape index (κ2) is 2.31. The molecular formula is C9H9NS. The van der Waals surface area contributed by atoms with Crippen LogP contribution in [0.3, 0.4) is 0 Å². The second-order valence-electron chi connectivity index (χ2n) is 2.64. The minimum absolute atomic E-state index is 1.06. The Morgan fingerprint density at radius 3 is 2.73 bits per heavy atom. The highest BCUT2D eigenvalue weighted by Crippen LogP contribution is 2.24. The van der Waals surface area contributed by atoms with E-state index in [1.807, 2.05) is 19.1 Å². The smallest absolute Gasteiger partial charge is 0.0467 e. The molecule has 0 fully saturated rings. The highest BCUT2D eigenvalue weighted by atomic mass is 32.1. The summed E-state index contributed by atoms with van der Waals surface area (Å²) in [6.45, 7) is 2.03. The van der Waals surface area contributed by atoms with Crippen molar-refractivity contribution in [2.24, 2.45) is 0 Å². The number of aromatic nitrogens is 1. The van der Waals surface area contributed by atoms with Crippen LogP contribution in [-0.2, 0) is 0 Å². The minimum atomic E-state index is 1.06. The lowest BCUT2D eigenvalue weighted by Gasteiger charge is -1.87. The predicted octanol–water partition coefficient (Wildman–Crippen LogP) is 2.77. The zero-order chi connectivity index (χ0) is 7.84. The molecule has 0 aliphatic heterocycles. The summed E-state index contributed by atoms with van der Waals surface area (Å²) in [6, 6.07) is 8.17. The van der Waals surface area contributed by atoms with Crippen LogP contribution in [0.2, 0.25) is 0 Å². The zero-order valence-corrected chi connectivity index (χ0v) is 7.15. The van der Waals surface area contributed by atoms with Crippen molar-refractivity contribution in [3.8, 4) is 0 Å². The van der Waals surface area contributed by atoms with Crippen molar-refractivity contribution in [2.75, 3.05) is 0 Å². The maximum absolute atomic E-state index is 4.38. The lowest BCUT2D eigenvalue weighted by atomic mass is 10.2. The Morgan fingerprint density at radius 1 is 1.27 bits per heavy atom. The van der Waals surface area contributed by atoms with Crippen LogP contribution in [0.5, 0.6) is 0 Å². The maximum Gasteiger partial charge on any atom is 0.0467 e. The molecule has 2 heteroatoms. The van der Waals surface area contributed by atoms with Crippen molar-refractivity contribution in [1.82, 2.24) is 4.98 Å². The summed E-state index contributed by atoms with van der Waals surface area (Å²) in [5, 5.41) is 1.20. The number of hydrogen-bond donors (Lipinski definition) is 2. The molecule has 1 aromatic carbocycles. The number of rotatable bonds is 0. The number of H-pyrrole nitrogens is 1. The fourth-order valence-corrected chi connectivity index (χ4v) is 1.51. The number of fused-ring (bicyclic) bond motifs is 1. The topological polar surface area (TPSA) is 15.8 Å². The van der Waals surface area contributed by atoms with Crippen LogP contribution in [0.25, 0.3) is 10.9 Å². The molecule has 56 valence electrons. The standard InChI is InChI=1S/C9H9NS/c1-6-9(11)7-4-2-3-5-8(7)10-6/h2-5,10-11H,1H3. The van der Waals surface area contributed by atoms with E-state index in [9.17, 15) is 0 Å². The molecule has 0 radical (unpaired) electrons. The number of aromatic amines is 1. The molecule has 11 heavy (non-hydrogen) atoms. The van der Waals surface area contributed by atoms with Gasteiger partial charge in [0.05, 0.1) is 0 Å². The molecule has 1 heterocycles.